The van der Waals surface area contributed by atoms with E-state index < -0.39 is 5.60 Å². The van der Waals surface area contributed by atoms with Crippen LogP contribution in [0.2, 0.25) is 0 Å². The van der Waals surface area contributed by atoms with E-state index in [0.29, 0.717) is 0 Å². The van der Waals surface area contributed by atoms with Crippen molar-refractivity contribution in [2.75, 3.05) is 7.11 Å². The number of aliphatic hydroxyl groups is 1. The van der Waals surface area contributed by atoms with Crippen LogP contribution in [-0.2, 0) is 10.3 Å². The normalized spacial score (nSPS) is 30.3. The first-order chi connectivity index (χ1) is 7.66. The molecule has 0 amide bonds. The molecule has 1 aliphatic carbocycles. The molecule has 0 bridgehead atoms. The van der Waals surface area contributed by atoms with Crippen LogP contribution < -0.4 is 0 Å². The van der Waals surface area contributed by atoms with Gasteiger partial charge < -0.3 is 9.84 Å². The fourth-order valence-electron chi connectivity index (χ4n) is 2.56. The highest BCUT2D eigenvalue weighted by Gasteiger charge is 2.40. The summed E-state index contributed by atoms with van der Waals surface area (Å²) >= 11 is 0. The van der Waals surface area contributed by atoms with Crippen molar-refractivity contribution in [1.82, 2.24) is 4.98 Å². The van der Waals surface area contributed by atoms with Crippen molar-refractivity contribution in [3.63, 3.8) is 0 Å². The third-order valence-electron chi connectivity index (χ3n) is 3.47. The Labute approximate surface area is 96.5 Å². The van der Waals surface area contributed by atoms with Crippen molar-refractivity contribution in [1.29, 1.82) is 0 Å². The maximum absolute atomic E-state index is 10.8. The van der Waals surface area contributed by atoms with Crippen LogP contribution in [0.1, 0.15) is 36.8 Å². The van der Waals surface area contributed by atoms with Crippen LogP contribution in [0.15, 0.2) is 18.5 Å². The van der Waals surface area contributed by atoms with Crippen LogP contribution in [-0.4, -0.2) is 23.3 Å². The SMILES string of the molecule is COC1CCCCC1(O)c1cncc(C)c1. The molecule has 3 heteroatoms. The lowest BCUT2D eigenvalue weighted by Gasteiger charge is -2.39. The molecule has 16 heavy (non-hydrogen) atoms. The molecule has 0 aromatic carbocycles. The molecule has 0 aliphatic heterocycles. The fraction of sp³-hybridized carbons (Fsp3) is 0.615. The smallest absolute Gasteiger partial charge is 0.117 e. The van der Waals surface area contributed by atoms with Gasteiger partial charge in [0.2, 0.25) is 0 Å². The summed E-state index contributed by atoms with van der Waals surface area (Å²) in [5.41, 5.74) is 1.11. The van der Waals surface area contributed by atoms with Gasteiger partial charge in [-0.05, 0) is 25.3 Å². The summed E-state index contributed by atoms with van der Waals surface area (Å²) in [6.07, 6.45) is 7.30. The Kier molecular flexibility index (Phi) is 3.26. The van der Waals surface area contributed by atoms with Crippen molar-refractivity contribution in [2.45, 2.75) is 44.3 Å². The van der Waals surface area contributed by atoms with E-state index >= 15 is 0 Å². The van der Waals surface area contributed by atoms with Gasteiger partial charge in [-0.1, -0.05) is 18.9 Å². The van der Waals surface area contributed by atoms with Crippen LogP contribution in [0.3, 0.4) is 0 Å². The summed E-state index contributed by atoms with van der Waals surface area (Å²) in [4.78, 5) is 4.16. The average Bonchev–Trinajstić information content (AvgIpc) is 2.30. The van der Waals surface area contributed by atoms with Gasteiger partial charge in [0.05, 0.1) is 6.10 Å². The van der Waals surface area contributed by atoms with Gasteiger partial charge in [0.1, 0.15) is 5.60 Å². The zero-order valence-electron chi connectivity index (χ0n) is 9.94. The van der Waals surface area contributed by atoms with Crippen LogP contribution in [0.25, 0.3) is 0 Å². The van der Waals surface area contributed by atoms with Gasteiger partial charge in [-0.2, -0.15) is 0 Å². The lowest BCUT2D eigenvalue weighted by atomic mass is 9.77. The summed E-state index contributed by atoms with van der Waals surface area (Å²) in [6, 6.07) is 2.00. The Morgan fingerprint density at radius 1 is 1.44 bits per heavy atom. The first-order valence-corrected chi connectivity index (χ1v) is 5.84. The number of aryl methyl sites for hydroxylation is 1. The summed E-state index contributed by atoms with van der Waals surface area (Å²) in [5.74, 6) is 0. The molecule has 2 rings (SSSR count). The van der Waals surface area contributed by atoms with E-state index in [4.69, 9.17) is 4.74 Å². The van der Waals surface area contributed by atoms with Crippen molar-refractivity contribution < 1.29 is 9.84 Å². The molecule has 2 atom stereocenters. The third-order valence-corrected chi connectivity index (χ3v) is 3.47. The average molecular weight is 221 g/mol. The zero-order chi connectivity index (χ0) is 11.6. The standard InChI is InChI=1S/C13H19NO2/c1-10-7-11(9-14-8-10)13(15)6-4-3-5-12(13)16-2/h7-9,12,15H,3-6H2,1-2H3. The molecule has 2 unspecified atom stereocenters. The summed E-state index contributed by atoms with van der Waals surface area (Å²) in [7, 11) is 1.67. The Morgan fingerprint density at radius 3 is 2.94 bits per heavy atom. The summed E-state index contributed by atoms with van der Waals surface area (Å²) < 4.78 is 5.42. The molecule has 1 N–H and O–H groups in total. The highest BCUT2D eigenvalue weighted by molar-refractivity contribution is 5.25. The monoisotopic (exact) mass is 221 g/mol. The molecular weight excluding hydrogens is 202 g/mol. The predicted molar refractivity (Wildman–Crippen MR) is 62.1 cm³/mol. The number of methoxy groups -OCH3 is 1. The molecule has 88 valence electrons. The van der Waals surface area contributed by atoms with E-state index in [1.807, 2.05) is 13.0 Å². The third kappa shape index (κ3) is 1.97. The van der Waals surface area contributed by atoms with Crippen LogP contribution in [0.4, 0.5) is 0 Å². The molecule has 3 nitrogen and oxygen atoms in total. The molecule has 1 heterocycles. The molecule has 1 aromatic heterocycles. The molecule has 1 saturated carbocycles. The predicted octanol–water partition coefficient (Wildman–Crippen LogP) is 2.17. The van der Waals surface area contributed by atoms with Gasteiger partial charge in [-0.25, -0.2) is 0 Å². The topological polar surface area (TPSA) is 42.4 Å². The number of rotatable bonds is 2. The minimum Gasteiger partial charge on any atom is -0.382 e. The highest BCUT2D eigenvalue weighted by Crippen LogP contribution is 2.38. The van der Waals surface area contributed by atoms with Gasteiger partial charge in [0, 0.05) is 25.1 Å². The van der Waals surface area contributed by atoms with Crippen molar-refractivity contribution in [3.8, 4) is 0 Å². The molecule has 1 aliphatic rings. The molecule has 0 spiro atoms. The fourth-order valence-corrected chi connectivity index (χ4v) is 2.56. The second kappa shape index (κ2) is 4.52. The summed E-state index contributed by atoms with van der Waals surface area (Å²) in [5, 5.41) is 10.8. The maximum atomic E-state index is 10.8. The number of hydrogen-bond acceptors (Lipinski definition) is 3. The van der Waals surface area contributed by atoms with Crippen molar-refractivity contribution >= 4 is 0 Å². The number of hydrogen-bond donors (Lipinski definition) is 1. The van der Waals surface area contributed by atoms with Gasteiger partial charge >= 0.3 is 0 Å². The van der Waals surface area contributed by atoms with Gasteiger partial charge in [-0.3, -0.25) is 4.98 Å². The van der Waals surface area contributed by atoms with Gasteiger partial charge in [-0.15, -0.1) is 0 Å². The van der Waals surface area contributed by atoms with Crippen molar-refractivity contribution in [3.05, 3.63) is 29.6 Å². The second-order valence-electron chi connectivity index (χ2n) is 4.65. The van der Waals surface area contributed by atoms with E-state index in [-0.39, 0.29) is 6.10 Å². The van der Waals surface area contributed by atoms with Crippen LogP contribution in [0.5, 0.6) is 0 Å². The minimum atomic E-state index is -0.855. The largest absolute Gasteiger partial charge is 0.382 e. The first-order valence-electron chi connectivity index (χ1n) is 5.84. The van der Waals surface area contributed by atoms with E-state index in [0.717, 1.165) is 36.8 Å². The Morgan fingerprint density at radius 2 is 2.25 bits per heavy atom. The number of pyridine rings is 1. The number of nitrogens with zero attached hydrogens (tertiary/aromatic N) is 1. The summed E-state index contributed by atoms with van der Waals surface area (Å²) in [6.45, 7) is 1.99. The van der Waals surface area contributed by atoms with Crippen molar-refractivity contribution in [2.24, 2.45) is 0 Å². The van der Waals surface area contributed by atoms with E-state index in [1.54, 1.807) is 19.5 Å². The maximum Gasteiger partial charge on any atom is 0.117 e. The Bertz CT molecular complexity index is 367. The quantitative estimate of drug-likeness (QED) is 0.832. The minimum absolute atomic E-state index is 0.107. The number of ether oxygens (including phenoxy) is 1. The molecule has 0 saturated heterocycles. The molecule has 1 aromatic rings. The van der Waals surface area contributed by atoms with Gasteiger partial charge in [0.15, 0.2) is 0 Å². The number of aromatic nitrogens is 1. The molecule has 1 fully saturated rings. The van der Waals surface area contributed by atoms with E-state index in [2.05, 4.69) is 4.98 Å². The molecular formula is C13H19NO2. The lowest BCUT2D eigenvalue weighted by Crippen LogP contribution is -2.43. The van der Waals surface area contributed by atoms with Gasteiger partial charge in [0.25, 0.3) is 0 Å². The molecule has 0 radical (unpaired) electrons. The lowest BCUT2D eigenvalue weighted by molar-refractivity contribution is -0.122. The van der Waals surface area contributed by atoms with E-state index in [9.17, 15) is 5.11 Å². The Hall–Kier alpha value is -0.930. The Balaban J connectivity index is 2.34. The first kappa shape index (κ1) is 11.6. The second-order valence-corrected chi connectivity index (χ2v) is 4.65. The van der Waals surface area contributed by atoms with Crippen LogP contribution in [0, 0.1) is 6.92 Å². The highest BCUT2D eigenvalue weighted by atomic mass is 16.5. The van der Waals surface area contributed by atoms with E-state index in [1.165, 1.54) is 0 Å². The van der Waals surface area contributed by atoms with Crippen LogP contribution >= 0.6 is 0 Å². The zero-order valence-corrected chi connectivity index (χ0v) is 9.94.